The van der Waals surface area contributed by atoms with E-state index in [1.165, 1.54) is 71.1 Å². The number of sulfonamides is 1. The lowest BCUT2D eigenvalue weighted by Crippen LogP contribution is -2.39. The Bertz CT molecular complexity index is 1580. The van der Waals surface area contributed by atoms with Crippen LogP contribution in [0.2, 0.25) is 5.02 Å². The van der Waals surface area contributed by atoms with Crippen molar-refractivity contribution in [2.24, 2.45) is 5.10 Å². The van der Waals surface area contributed by atoms with Gasteiger partial charge in [-0.2, -0.15) is 5.10 Å². The largest absolute Gasteiger partial charge is 0.495 e. The number of hydrogen-bond donors (Lipinski definition) is 1. The number of anilines is 1. The zero-order chi connectivity index (χ0) is 30.9. The number of halogens is 2. The normalized spacial score (nSPS) is 11.1. The number of rotatable bonds is 14. The average molecular weight is 683 g/mol. The predicted molar refractivity (Wildman–Crippen MR) is 164 cm³/mol. The monoisotopic (exact) mass is 681 g/mol. The summed E-state index contributed by atoms with van der Waals surface area (Å²) < 4.78 is 56.1. The molecular weight excluding hydrogens is 654 g/mol. The van der Waals surface area contributed by atoms with E-state index in [9.17, 15) is 13.2 Å². The van der Waals surface area contributed by atoms with Crippen molar-refractivity contribution >= 4 is 55.4 Å². The van der Waals surface area contributed by atoms with E-state index in [1.54, 1.807) is 18.2 Å². The van der Waals surface area contributed by atoms with Gasteiger partial charge in [-0.1, -0.05) is 24.3 Å². The molecule has 14 heteroatoms. The Hall–Kier alpha value is -3.94. The van der Waals surface area contributed by atoms with Gasteiger partial charge in [0.25, 0.3) is 15.9 Å². The minimum atomic E-state index is -4.36. The number of nitrogens with one attached hydrogen (secondary N) is 1. The summed E-state index contributed by atoms with van der Waals surface area (Å²) in [6.45, 7) is 3.24. The fraction of sp³-hybridized carbons (Fsp3) is 0.214. The molecule has 0 heterocycles. The number of nitrogens with zero attached hydrogens (tertiary/aromatic N) is 2. The van der Waals surface area contributed by atoms with Crippen LogP contribution in [0.25, 0.3) is 0 Å². The number of benzene rings is 3. The molecule has 1 amide bonds. The van der Waals surface area contributed by atoms with Crippen LogP contribution in [-0.4, -0.2) is 62.1 Å². The van der Waals surface area contributed by atoms with Crippen LogP contribution in [0.3, 0.4) is 0 Å². The summed E-state index contributed by atoms with van der Waals surface area (Å²) in [6, 6.07) is 11.9. The Kier molecular flexibility index (Phi) is 11.5. The zero-order valence-electron chi connectivity index (χ0n) is 23.2. The average Bonchev–Trinajstić information content (AvgIpc) is 2.98. The molecule has 0 unspecified atom stereocenters. The first-order chi connectivity index (χ1) is 20.1. The summed E-state index contributed by atoms with van der Waals surface area (Å²) in [4.78, 5) is 12.9. The van der Waals surface area contributed by atoms with Crippen LogP contribution in [0.15, 0.2) is 75.7 Å². The van der Waals surface area contributed by atoms with Crippen molar-refractivity contribution in [3.63, 3.8) is 0 Å². The summed E-state index contributed by atoms with van der Waals surface area (Å²) >= 11 is 9.63. The number of ether oxygens (including phenoxy) is 5. The number of hydrazone groups is 1. The van der Waals surface area contributed by atoms with Crippen LogP contribution in [0.4, 0.5) is 5.69 Å². The van der Waals surface area contributed by atoms with Gasteiger partial charge in [-0.3, -0.25) is 9.10 Å². The highest BCUT2D eigenvalue weighted by atomic mass is 79.9. The highest BCUT2D eigenvalue weighted by molar-refractivity contribution is 9.10. The Morgan fingerprint density at radius 1 is 0.976 bits per heavy atom. The van der Waals surface area contributed by atoms with E-state index < -0.39 is 22.5 Å². The molecule has 0 atom stereocenters. The first kappa shape index (κ1) is 32.6. The van der Waals surface area contributed by atoms with Crippen molar-refractivity contribution in [3.8, 4) is 28.7 Å². The summed E-state index contributed by atoms with van der Waals surface area (Å²) in [5.41, 5.74) is 2.97. The molecule has 0 aliphatic heterocycles. The van der Waals surface area contributed by atoms with Crippen LogP contribution in [0.5, 0.6) is 28.7 Å². The van der Waals surface area contributed by atoms with Gasteiger partial charge in [0.1, 0.15) is 18.9 Å². The summed E-state index contributed by atoms with van der Waals surface area (Å²) in [7, 11) is 1.32. The van der Waals surface area contributed by atoms with E-state index in [4.69, 9.17) is 35.3 Å². The third-order valence-electron chi connectivity index (χ3n) is 5.64. The molecule has 0 radical (unpaired) electrons. The van der Waals surface area contributed by atoms with Crippen LogP contribution < -0.4 is 33.4 Å². The first-order valence-corrected chi connectivity index (χ1v) is 14.7. The van der Waals surface area contributed by atoms with Gasteiger partial charge >= 0.3 is 0 Å². The number of carbonyl (C=O) groups excluding carboxylic acids is 1. The maximum absolute atomic E-state index is 13.9. The van der Waals surface area contributed by atoms with Gasteiger partial charge < -0.3 is 23.7 Å². The molecule has 0 spiro atoms. The SMILES string of the molecule is C=CCOc1c(Br)cc(/C=N/NC(=O)CN(c2cc(Cl)ccc2OC)S(=O)(=O)c2ccc(OC)c(OC)c2)cc1OC. The summed E-state index contributed by atoms with van der Waals surface area (Å²) in [5, 5.41) is 4.22. The van der Waals surface area contributed by atoms with Crippen molar-refractivity contribution < 1.29 is 36.9 Å². The highest BCUT2D eigenvalue weighted by Crippen LogP contribution is 2.38. The van der Waals surface area contributed by atoms with Gasteiger partial charge in [-0.25, -0.2) is 13.8 Å². The molecule has 11 nitrogen and oxygen atoms in total. The van der Waals surface area contributed by atoms with E-state index in [2.05, 4.69) is 33.0 Å². The van der Waals surface area contributed by atoms with Crippen molar-refractivity contribution in [1.29, 1.82) is 0 Å². The lowest BCUT2D eigenvalue weighted by atomic mass is 10.2. The third kappa shape index (κ3) is 7.66. The molecule has 0 aliphatic carbocycles. The molecule has 0 aromatic heterocycles. The Balaban J connectivity index is 1.94. The summed E-state index contributed by atoms with van der Waals surface area (Å²) in [6.07, 6.45) is 2.97. The topological polar surface area (TPSA) is 125 Å². The molecule has 3 aromatic rings. The standard InChI is InChI=1S/C28H29BrClN3O8S/c1-6-11-41-28-21(29)12-18(13-26(28)40-5)16-31-32-27(34)17-33(22-14-19(30)7-9-23(22)37-2)42(35,36)20-8-10-24(38-3)25(15-20)39-4/h6-10,12-16H,1,11,17H2,2-5H3,(H,32,34)/b31-16+. The molecule has 42 heavy (non-hydrogen) atoms. The minimum absolute atomic E-state index is 0.0442. The molecular formula is C28H29BrClN3O8S. The molecule has 0 saturated carbocycles. The molecule has 0 aliphatic rings. The van der Waals surface area contributed by atoms with Crippen LogP contribution in [0, 0.1) is 0 Å². The van der Waals surface area contributed by atoms with E-state index in [-0.39, 0.29) is 33.7 Å². The van der Waals surface area contributed by atoms with Gasteiger partial charge in [-0.15, -0.1) is 0 Å². The Morgan fingerprint density at radius 2 is 1.64 bits per heavy atom. The van der Waals surface area contributed by atoms with Crippen LogP contribution in [-0.2, 0) is 14.8 Å². The number of amides is 1. The fourth-order valence-corrected chi connectivity index (χ4v) is 5.88. The molecule has 3 rings (SSSR count). The lowest BCUT2D eigenvalue weighted by molar-refractivity contribution is -0.119. The van der Waals surface area contributed by atoms with E-state index in [0.29, 0.717) is 27.3 Å². The molecule has 224 valence electrons. The van der Waals surface area contributed by atoms with Crippen molar-refractivity contribution in [1.82, 2.24) is 5.43 Å². The second kappa shape index (κ2) is 14.8. The van der Waals surface area contributed by atoms with Crippen molar-refractivity contribution in [2.45, 2.75) is 4.90 Å². The van der Waals surface area contributed by atoms with Gasteiger partial charge in [0.2, 0.25) is 0 Å². The number of hydrogen-bond acceptors (Lipinski definition) is 9. The maximum Gasteiger partial charge on any atom is 0.265 e. The number of methoxy groups -OCH3 is 4. The smallest absolute Gasteiger partial charge is 0.265 e. The van der Waals surface area contributed by atoms with Gasteiger partial charge in [0.15, 0.2) is 23.0 Å². The molecule has 1 N–H and O–H groups in total. The third-order valence-corrected chi connectivity index (χ3v) is 8.22. The molecule has 0 saturated heterocycles. The second-order valence-electron chi connectivity index (χ2n) is 8.27. The fourth-order valence-electron chi connectivity index (χ4n) is 3.70. The highest BCUT2D eigenvalue weighted by Gasteiger charge is 2.30. The number of carbonyl (C=O) groups is 1. The van der Waals surface area contributed by atoms with Crippen molar-refractivity contribution in [2.75, 3.05) is 45.9 Å². The van der Waals surface area contributed by atoms with Gasteiger partial charge in [-0.05, 0) is 64.0 Å². The minimum Gasteiger partial charge on any atom is -0.495 e. The van der Waals surface area contributed by atoms with E-state index in [0.717, 1.165) is 4.31 Å². The first-order valence-electron chi connectivity index (χ1n) is 12.1. The predicted octanol–water partition coefficient (Wildman–Crippen LogP) is 5.05. The summed E-state index contributed by atoms with van der Waals surface area (Å²) in [5.74, 6) is 0.862. The van der Waals surface area contributed by atoms with Crippen LogP contribution in [0.1, 0.15) is 5.56 Å². The van der Waals surface area contributed by atoms with Gasteiger partial charge in [0.05, 0.1) is 49.7 Å². The van der Waals surface area contributed by atoms with E-state index in [1.807, 2.05) is 0 Å². The quantitative estimate of drug-likeness (QED) is 0.142. The lowest BCUT2D eigenvalue weighted by Gasteiger charge is -2.25. The Labute approximate surface area is 257 Å². The molecule has 0 fully saturated rings. The maximum atomic E-state index is 13.9. The molecule has 0 bridgehead atoms. The Morgan fingerprint density at radius 3 is 2.29 bits per heavy atom. The van der Waals surface area contributed by atoms with Crippen molar-refractivity contribution in [3.05, 3.63) is 76.2 Å². The van der Waals surface area contributed by atoms with Crippen LogP contribution >= 0.6 is 27.5 Å². The molecule has 3 aromatic carbocycles. The zero-order valence-corrected chi connectivity index (χ0v) is 26.4. The van der Waals surface area contributed by atoms with Gasteiger partial charge in [0, 0.05) is 11.1 Å². The second-order valence-corrected chi connectivity index (χ2v) is 11.4. The van der Waals surface area contributed by atoms with E-state index >= 15 is 0 Å².